The van der Waals surface area contributed by atoms with Crippen molar-refractivity contribution < 1.29 is 67.4 Å². The van der Waals surface area contributed by atoms with Crippen LogP contribution in [0.15, 0.2) is 226 Å². The third-order valence-electron chi connectivity index (χ3n) is 13.0. The topological polar surface area (TPSA) is 286 Å². The molecule has 2 fully saturated rings. The molecule has 2 N–H and O–H groups in total. The van der Waals surface area contributed by atoms with Crippen molar-refractivity contribution in [3.63, 3.8) is 0 Å². The molecule has 10 rings (SSSR count). The molecule has 4 heterocycles. The van der Waals surface area contributed by atoms with Crippen LogP contribution in [-0.4, -0.2) is 114 Å². The number of hydrogen-bond acceptors (Lipinski definition) is 18. The largest absolute Gasteiger partial charge is 0.452 e. The number of rotatable bonds is 14. The normalized spacial score (nSPS) is 19.8. The van der Waals surface area contributed by atoms with Crippen LogP contribution in [0, 0.1) is 0 Å². The first-order valence-corrected chi connectivity index (χ1v) is 25.2. The van der Waals surface area contributed by atoms with Gasteiger partial charge in [-0.25, -0.2) is 28.8 Å². The van der Waals surface area contributed by atoms with Crippen LogP contribution in [0.5, 0.6) is 0 Å². The van der Waals surface area contributed by atoms with Gasteiger partial charge >= 0.3 is 35.3 Å². The van der Waals surface area contributed by atoms with E-state index < -0.39 is 120 Å². The molecule has 0 radical (unpaired) electrons. The van der Waals surface area contributed by atoms with Crippen molar-refractivity contribution in [1.82, 2.24) is 18.3 Å². The summed E-state index contributed by atoms with van der Waals surface area (Å²) in [5.41, 5.74) is -3.03. The van der Waals surface area contributed by atoms with Crippen LogP contribution in [0.4, 0.5) is 0 Å². The zero-order valence-electron chi connectivity index (χ0n) is 42.9. The highest BCUT2D eigenvalue weighted by molar-refractivity contribution is 5.96. The Kier molecular flexibility index (Phi) is 17.7. The van der Waals surface area contributed by atoms with Gasteiger partial charge in [0.1, 0.15) is 12.2 Å². The lowest BCUT2D eigenvalue weighted by atomic mass is 10.1. The lowest BCUT2D eigenvalue weighted by Gasteiger charge is -2.25. The molecule has 2 aliphatic rings. The van der Waals surface area contributed by atoms with Gasteiger partial charge in [-0.3, -0.25) is 28.3 Å². The quantitative estimate of drug-likeness (QED) is 0.115. The van der Waals surface area contributed by atoms with Gasteiger partial charge in [0.2, 0.25) is 0 Å². The van der Waals surface area contributed by atoms with Crippen molar-refractivity contribution in [1.29, 1.82) is 0 Å². The van der Waals surface area contributed by atoms with Crippen molar-refractivity contribution >= 4 is 35.7 Å². The first kappa shape index (κ1) is 56.5. The zero-order valence-corrected chi connectivity index (χ0v) is 42.9. The fourth-order valence-corrected chi connectivity index (χ4v) is 8.92. The minimum Gasteiger partial charge on any atom is -0.452 e. The lowest BCUT2D eigenvalue weighted by molar-refractivity contribution is -0.0608. The summed E-state index contributed by atoms with van der Waals surface area (Å²) in [6, 6.07) is 49.4. The molecule has 22 nitrogen and oxygen atoms in total. The fourth-order valence-electron chi connectivity index (χ4n) is 8.92. The van der Waals surface area contributed by atoms with Gasteiger partial charge in [-0.1, -0.05) is 109 Å². The maximum Gasteiger partial charge on any atom is 0.340 e. The van der Waals surface area contributed by atoms with Gasteiger partial charge in [-0.05, 0) is 72.8 Å². The van der Waals surface area contributed by atoms with E-state index in [1.54, 1.807) is 109 Å². The molecule has 82 heavy (non-hydrogen) atoms. The van der Waals surface area contributed by atoms with Crippen molar-refractivity contribution in [3.8, 4) is 0 Å². The number of aromatic nitrogens is 4. The molecule has 22 heteroatoms. The van der Waals surface area contributed by atoms with Gasteiger partial charge in [0.25, 0.3) is 22.9 Å². The average Bonchev–Trinajstić information content (AvgIpc) is 4.23. The summed E-state index contributed by atoms with van der Waals surface area (Å²) >= 11 is 0. The van der Waals surface area contributed by atoms with Gasteiger partial charge < -0.3 is 38.6 Å². The third kappa shape index (κ3) is 12.3. The second-order valence-electron chi connectivity index (χ2n) is 18.1. The maximum atomic E-state index is 13.6. The Morgan fingerprint density at radius 1 is 0.354 bits per heavy atom. The minimum atomic E-state index is -1.48. The van der Waals surface area contributed by atoms with Crippen LogP contribution in [-0.2, 0) is 28.4 Å². The van der Waals surface area contributed by atoms with Crippen molar-refractivity contribution in [2.75, 3.05) is 13.2 Å². The SMILES string of the molecule is O=C(O[C@@H]1[C@H](OC(=O)c2ccccc2)[C@@H](CO)O[C@H]1n1ccc(=O)n(C(=O)c2ccccc2)c1=O)c1ccccc1.O=C(O[C@@H]1[C@H](OC(=O)c2ccccc2)[C@@H](CO)O[C@H]1n1ccc(=O)n(C(=O)c2ccccc2)c1=O)c1ccccc1. The molecule has 0 bridgehead atoms. The minimum absolute atomic E-state index is 0.0896. The molecule has 6 aromatic carbocycles. The van der Waals surface area contributed by atoms with Gasteiger partial charge in [0.05, 0.1) is 35.5 Å². The van der Waals surface area contributed by atoms with E-state index in [1.165, 1.54) is 72.8 Å². The van der Waals surface area contributed by atoms with Crippen LogP contribution < -0.4 is 22.5 Å². The van der Waals surface area contributed by atoms with Crippen molar-refractivity contribution in [2.45, 2.75) is 49.1 Å². The molecule has 0 aliphatic carbocycles. The molecule has 0 unspecified atom stereocenters. The first-order chi connectivity index (χ1) is 39.8. The third-order valence-corrected chi connectivity index (χ3v) is 13.0. The molecule has 8 atom stereocenters. The van der Waals surface area contributed by atoms with Gasteiger partial charge in [0, 0.05) is 35.7 Å². The Hall–Kier alpha value is -10.3. The molecule has 8 aromatic rings. The summed E-state index contributed by atoms with van der Waals surface area (Å²) in [6.07, 6.45) is -8.85. The number of carbonyl (C=O) groups is 6. The number of aliphatic hydroxyl groups is 2. The molecular weight excluding hydrogens is 1060 g/mol. The lowest BCUT2D eigenvalue weighted by Crippen LogP contribution is -2.47. The van der Waals surface area contributed by atoms with E-state index in [2.05, 4.69) is 0 Å². The number of hydrogen-bond donors (Lipinski definition) is 2. The van der Waals surface area contributed by atoms with Crippen LogP contribution in [0.2, 0.25) is 0 Å². The molecule has 0 saturated carbocycles. The number of ether oxygens (including phenoxy) is 6. The smallest absolute Gasteiger partial charge is 0.340 e. The number of carbonyl (C=O) groups excluding carboxylic acids is 6. The molecule has 2 aromatic heterocycles. The van der Waals surface area contributed by atoms with Crippen LogP contribution in [0.25, 0.3) is 0 Å². The monoisotopic (exact) mass is 1110 g/mol. The summed E-state index contributed by atoms with van der Waals surface area (Å²) in [7, 11) is 0. The van der Waals surface area contributed by atoms with E-state index in [-0.39, 0.29) is 33.4 Å². The standard InChI is InChI=1S/2C30H24N2O9/c2*33-18-22-24(40-28(36)20-12-6-2-7-13-20)25(41-29(37)21-14-8-3-9-15-21)27(39-22)31-17-16-23(34)32(30(31)38)26(35)19-10-4-1-5-11-19/h2*1-17,22,24-25,27,33H,18H2/t2*22-,24-,25-,27-/m11/s1. The van der Waals surface area contributed by atoms with E-state index in [0.29, 0.717) is 9.13 Å². The second-order valence-corrected chi connectivity index (χ2v) is 18.1. The number of esters is 4. The van der Waals surface area contributed by atoms with E-state index in [9.17, 15) is 58.2 Å². The second kappa shape index (κ2) is 25.7. The Morgan fingerprint density at radius 2 is 0.598 bits per heavy atom. The molecule has 2 saturated heterocycles. The molecule has 416 valence electrons. The highest BCUT2D eigenvalue weighted by atomic mass is 16.7. The predicted molar refractivity (Wildman–Crippen MR) is 287 cm³/mol. The Bertz CT molecular complexity index is 3590. The van der Waals surface area contributed by atoms with Crippen molar-refractivity contribution in [2.24, 2.45) is 0 Å². The number of benzene rings is 6. The fraction of sp³-hybridized carbons (Fsp3) is 0.167. The van der Waals surface area contributed by atoms with E-state index in [4.69, 9.17) is 28.4 Å². The Balaban J connectivity index is 0.000000198. The van der Waals surface area contributed by atoms with Gasteiger partial charge in [-0.15, -0.1) is 0 Å². The Morgan fingerprint density at radius 3 is 0.854 bits per heavy atom. The van der Waals surface area contributed by atoms with Gasteiger partial charge in [-0.2, -0.15) is 9.13 Å². The van der Waals surface area contributed by atoms with E-state index in [1.807, 2.05) is 0 Å². The van der Waals surface area contributed by atoms with Gasteiger partial charge in [0.15, 0.2) is 36.9 Å². The van der Waals surface area contributed by atoms with Crippen LogP contribution in [0.3, 0.4) is 0 Å². The Labute approximate surface area is 463 Å². The highest BCUT2D eigenvalue weighted by Gasteiger charge is 2.52. The summed E-state index contributed by atoms with van der Waals surface area (Å²) < 4.78 is 37.2. The first-order valence-electron chi connectivity index (χ1n) is 25.2. The summed E-state index contributed by atoms with van der Waals surface area (Å²) in [5, 5.41) is 20.2. The molecule has 0 amide bonds. The maximum absolute atomic E-state index is 13.6. The molecule has 2 aliphatic heterocycles. The van der Waals surface area contributed by atoms with Crippen LogP contribution in [0.1, 0.15) is 74.6 Å². The summed E-state index contributed by atoms with van der Waals surface area (Å²) in [6.45, 7) is -1.33. The van der Waals surface area contributed by atoms with E-state index >= 15 is 0 Å². The predicted octanol–water partition coefficient (Wildman–Crippen LogP) is 4.08. The number of aliphatic hydroxyl groups excluding tert-OH is 2. The zero-order chi connectivity index (χ0) is 57.9. The highest BCUT2D eigenvalue weighted by Crippen LogP contribution is 2.36. The van der Waals surface area contributed by atoms with E-state index in [0.717, 1.165) is 33.7 Å². The average molecular weight is 1110 g/mol. The molecule has 0 spiro atoms. The van der Waals surface area contributed by atoms with Crippen LogP contribution >= 0.6 is 0 Å². The summed E-state index contributed by atoms with van der Waals surface area (Å²) in [4.78, 5) is 131. The number of nitrogens with zero attached hydrogens (tertiary/aromatic N) is 4. The molecular formula is C60H48N4O18. The summed E-state index contributed by atoms with van der Waals surface area (Å²) in [5.74, 6) is -4.95. The van der Waals surface area contributed by atoms with Crippen molar-refractivity contribution in [3.05, 3.63) is 282 Å².